The summed E-state index contributed by atoms with van der Waals surface area (Å²) < 4.78 is 21.4. The Morgan fingerprint density at radius 2 is 2.25 bits per heavy atom. The van der Waals surface area contributed by atoms with Crippen molar-refractivity contribution in [2.45, 2.75) is 4.34 Å². The Labute approximate surface area is 71.9 Å². The van der Waals surface area contributed by atoms with Gasteiger partial charge in [0.1, 0.15) is 6.20 Å². The zero-order valence-electron chi connectivity index (χ0n) is 5.92. The van der Waals surface area contributed by atoms with E-state index in [1.165, 1.54) is 0 Å². The van der Waals surface area contributed by atoms with Gasteiger partial charge >= 0.3 is 5.00 Å². The number of nitro groups is 1. The molecule has 1 heterocycles. The van der Waals surface area contributed by atoms with Crippen LogP contribution in [0.15, 0.2) is 10.5 Å². The number of nitrogens with zero attached hydrogens (tertiary/aromatic N) is 2. The Morgan fingerprint density at radius 1 is 1.67 bits per heavy atom. The molecule has 66 valence electrons. The van der Waals surface area contributed by atoms with Gasteiger partial charge in [-0.2, -0.15) is 0 Å². The van der Waals surface area contributed by atoms with Gasteiger partial charge in [0.05, 0.1) is 4.92 Å². The third-order valence-electron chi connectivity index (χ3n) is 0.969. The van der Waals surface area contributed by atoms with Crippen LogP contribution in [0, 0.1) is 10.1 Å². The van der Waals surface area contributed by atoms with Crippen LogP contribution in [0.5, 0.6) is 0 Å². The molecule has 8 heteroatoms. The van der Waals surface area contributed by atoms with E-state index >= 15 is 0 Å². The molecule has 0 N–H and O–H groups in total. The zero-order chi connectivity index (χ0) is 9.35. The minimum atomic E-state index is -3.41. The third kappa shape index (κ3) is 1.77. The molecule has 0 atom stereocenters. The average molecular weight is 208 g/mol. The van der Waals surface area contributed by atoms with Crippen LogP contribution < -0.4 is 0 Å². The van der Waals surface area contributed by atoms with E-state index in [9.17, 15) is 18.5 Å². The SMILES string of the molecule is CS(=O)(=O)c1ncc([N+](=O)[O-])s1. The highest BCUT2D eigenvalue weighted by molar-refractivity contribution is 7.92. The van der Waals surface area contributed by atoms with Crippen LogP contribution in [0.4, 0.5) is 5.00 Å². The van der Waals surface area contributed by atoms with E-state index in [2.05, 4.69) is 4.98 Å². The van der Waals surface area contributed by atoms with Gasteiger partial charge in [-0.1, -0.05) is 0 Å². The molecule has 0 fully saturated rings. The van der Waals surface area contributed by atoms with Crippen LogP contribution >= 0.6 is 11.3 Å². The number of rotatable bonds is 2. The summed E-state index contributed by atoms with van der Waals surface area (Å²) in [6.45, 7) is 0. The second kappa shape index (κ2) is 2.79. The largest absolute Gasteiger partial charge is 0.344 e. The second-order valence-electron chi connectivity index (χ2n) is 1.99. The number of hydrogen-bond donors (Lipinski definition) is 0. The van der Waals surface area contributed by atoms with Crippen LogP contribution in [-0.2, 0) is 9.84 Å². The standard InChI is InChI=1S/C4H4N2O4S2/c1-12(9,10)4-5-2-3(11-4)6(7)8/h2H,1H3. The number of hydrogen-bond acceptors (Lipinski definition) is 6. The van der Waals surface area contributed by atoms with Gasteiger partial charge in [0, 0.05) is 6.26 Å². The molecule has 1 aromatic rings. The van der Waals surface area contributed by atoms with Gasteiger partial charge in [0.2, 0.25) is 14.2 Å². The van der Waals surface area contributed by atoms with Crippen LogP contribution in [0.25, 0.3) is 0 Å². The maximum Gasteiger partial charge on any atom is 0.344 e. The fourth-order valence-corrected chi connectivity index (χ4v) is 2.08. The summed E-state index contributed by atoms with van der Waals surface area (Å²) in [7, 11) is -3.41. The molecule has 0 unspecified atom stereocenters. The summed E-state index contributed by atoms with van der Waals surface area (Å²) in [5.74, 6) is 0. The lowest BCUT2D eigenvalue weighted by Gasteiger charge is -1.84. The minimum absolute atomic E-state index is 0.228. The predicted molar refractivity (Wildman–Crippen MR) is 41.9 cm³/mol. The fraction of sp³-hybridized carbons (Fsp3) is 0.250. The van der Waals surface area contributed by atoms with Crippen molar-refractivity contribution in [2.75, 3.05) is 6.26 Å². The molecular formula is C4H4N2O4S2. The van der Waals surface area contributed by atoms with E-state index in [4.69, 9.17) is 0 Å². The highest BCUT2D eigenvalue weighted by atomic mass is 32.2. The summed E-state index contributed by atoms with van der Waals surface area (Å²) >= 11 is 0.550. The van der Waals surface area contributed by atoms with Gasteiger partial charge < -0.3 is 0 Å². The summed E-state index contributed by atoms with van der Waals surface area (Å²) in [5.41, 5.74) is 0. The van der Waals surface area contributed by atoms with Crippen molar-refractivity contribution >= 4 is 26.2 Å². The molecule has 0 aliphatic carbocycles. The zero-order valence-corrected chi connectivity index (χ0v) is 7.55. The Hall–Kier alpha value is -1.02. The molecule has 6 nitrogen and oxygen atoms in total. The van der Waals surface area contributed by atoms with E-state index in [0.717, 1.165) is 12.5 Å². The lowest BCUT2D eigenvalue weighted by molar-refractivity contribution is -0.380. The lowest BCUT2D eigenvalue weighted by atomic mass is 10.9. The highest BCUT2D eigenvalue weighted by Crippen LogP contribution is 2.23. The van der Waals surface area contributed by atoms with Gasteiger partial charge in [-0.3, -0.25) is 10.1 Å². The smallest absolute Gasteiger partial charge is 0.257 e. The van der Waals surface area contributed by atoms with E-state index in [1.54, 1.807) is 0 Å². The first-order chi connectivity index (χ1) is 5.41. The van der Waals surface area contributed by atoms with Gasteiger partial charge in [0.25, 0.3) is 0 Å². The number of thiazole rings is 1. The van der Waals surface area contributed by atoms with Crippen LogP contribution in [0.2, 0.25) is 0 Å². The molecule has 0 aliphatic heterocycles. The first kappa shape index (κ1) is 9.07. The highest BCUT2D eigenvalue weighted by Gasteiger charge is 2.17. The van der Waals surface area contributed by atoms with E-state index in [0.29, 0.717) is 11.3 Å². The first-order valence-electron chi connectivity index (χ1n) is 2.71. The van der Waals surface area contributed by atoms with Crippen molar-refractivity contribution in [3.63, 3.8) is 0 Å². The van der Waals surface area contributed by atoms with Gasteiger partial charge in [0.15, 0.2) is 0 Å². The van der Waals surface area contributed by atoms with Crippen molar-refractivity contribution in [2.24, 2.45) is 0 Å². The van der Waals surface area contributed by atoms with Crippen LogP contribution in [0.3, 0.4) is 0 Å². The normalized spacial score (nSPS) is 11.4. The molecular weight excluding hydrogens is 204 g/mol. The maximum atomic E-state index is 10.8. The molecule has 0 radical (unpaired) electrons. The van der Waals surface area contributed by atoms with E-state index in [-0.39, 0.29) is 9.34 Å². The fourth-order valence-electron chi connectivity index (χ4n) is 0.506. The minimum Gasteiger partial charge on any atom is -0.257 e. The molecule has 0 saturated heterocycles. The maximum absolute atomic E-state index is 10.8. The van der Waals surface area contributed by atoms with Crippen molar-refractivity contribution in [1.82, 2.24) is 4.98 Å². The van der Waals surface area contributed by atoms with E-state index in [1.807, 2.05) is 0 Å². The molecule has 12 heavy (non-hydrogen) atoms. The molecule has 1 rings (SSSR count). The Bertz CT molecular complexity index is 406. The van der Waals surface area contributed by atoms with Crippen molar-refractivity contribution in [3.8, 4) is 0 Å². The van der Waals surface area contributed by atoms with Crippen LogP contribution in [0.1, 0.15) is 0 Å². The monoisotopic (exact) mass is 208 g/mol. The molecule has 0 amide bonds. The average Bonchev–Trinajstić information content (AvgIpc) is 2.30. The van der Waals surface area contributed by atoms with E-state index < -0.39 is 14.8 Å². The predicted octanol–water partition coefficient (Wildman–Crippen LogP) is 0.455. The molecule has 0 saturated carbocycles. The summed E-state index contributed by atoms with van der Waals surface area (Å²) in [6.07, 6.45) is 1.89. The summed E-state index contributed by atoms with van der Waals surface area (Å²) in [6, 6.07) is 0. The van der Waals surface area contributed by atoms with Crippen molar-refractivity contribution in [3.05, 3.63) is 16.3 Å². The second-order valence-corrected chi connectivity index (χ2v) is 5.19. The molecule has 0 spiro atoms. The number of sulfone groups is 1. The topological polar surface area (TPSA) is 90.2 Å². The van der Waals surface area contributed by atoms with Gasteiger partial charge in [-0.25, -0.2) is 13.4 Å². The Morgan fingerprint density at radius 3 is 2.50 bits per heavy atom. The Kier molecular flexibility index (Phi) is 2.11. The summed E-state index contributed by atoms with van der Waals surface area (Å²) in [5, 5.41) is 9.85. The summed E-state index contributed by atoms with van der Waals surface area (Å²) in [4.78, 5) is 12.8. The third-order valence-corrected chi connectivity index (χ3v) is 3.61. The molecule has 0 aliphatic rings. The van der Waals surface area contributed by atoms with Gasteiger partial charge in [-0.05, 0) is 11.3 Å². The number of aromatic nitrogens is 1. The lowest BCUT2D eigenvalue weighted by Crippen LogP contribution is -1.94. The van der Waals surface area contributed by atoms with Crippen molar-refractivity contribution in [1.29, 1.82) is 0 Å². The molecule has 1 aromatic heterocycles. The van der Waals surface area contributed by atoms with Crippen molar-refractivity contribution < 1.29 is 13.3 Å². The van der Waals surface area contributed by atoms with Gasteiger partial charge in [-0.15, -0.1) is 0 Å². The molecule has 0 aromatic carbocycles. The quantitative estimate of drug-likeness (QED) is 0.520. The van der Waals surface area contributed by atoms with Crippen LogP contribution in [-0.4, -0.2) is 24.6 Å². The Balaban J connectivity index is 3.17. The molecule has 0 bridgehead atoms. The first-order valence-corrected chi connectivity index (χ1v) is 5.42.